The van der Waals surface area contributed by atoms with Crippen LogP contribution in [0.25, 0.3) is 0 Å². The third-order valence-corrected chi connectivity index (χ3v) is 4.54. The van der Waals surface area contributed by atoms with Crippen LogP contribution >= 0.6 is 11.3 Å². The van der Waals surface area contributed by atoms with E-state index in [9.17, 15) is 13.2 Å². The Hall–Kier alpha value is -2.29. The topological polar surface area (TPSA) is 72.5 Å². The minimum Gasteiger partial charge on any atom is -0.404 e. The Bertz CT molecular complexity index is 766. The summed E-state index contributed by atoms with van der Waals surface area (Å²) in [5, 5.41) is 5.65. The van der Waals surface area contributed by atoms with Crippen molar-refractivity contribution in [2.24, 2.45) is 10.7 Å². The first-order chi connectivity index (χ1) is 12.0. The number of ether oxygens (including phenoxy) is 1. The van der Waals surface area contributed by atoms with E-state index in [1.165, 1.54) is 18.2 Å². The summed E-state index contributed by atoms with van der Waals surface area (Å²) in [5.74, 6) is -0.359. The smallest absolute Gasteiger partial charge is 0.404 e. The van der Waals surface area contributed by atoms with Crippen LogP contribution in [0.15, 0.2) is 34.6 Å². The molecule has 0 radical (unpaired) electrons. The number of nitrogens with two attached hydrogens (primary N) is 1. The lowest BCUT2D eigenvalue weighted by molar-refractivity contribution is -0.274. The van der Waals surface area contributed by atoms with Gasteiger partial charge >= 0.3 is 6.36 Å². The number of nitrogens with one attached hydrogen (secondary N) is 1. The molecule has 26 heavy (non-hydrogen) atoms. The number of thiazole rings is 1. The summed E-state index contributed by atoms with van der Waals surface area (Å²) in [7, 11) is 0. The predicted molar refractivity (Wildman–Crippen MR) is 97.8 cm³/mol. The Morgan fingerprint density at radius 2 is 1.96 bits per heavy atom. The van der Waals surface area contributed by atoms with Gasteiger partial charge in [0.25, 0.3) is 0 Å². The minimum atomic E-state index is -4.78. The van der Waals surface area contributed by atoms with E-state index in [2.05, 4.69) is 40.8 Å². The summed E-state index contributed by atoms with van der Waals surface area (Å²) in [6.07, 6.45) is -4.19. The Morgan fingerprint density at radius 1 is 1.27 bits per heavy atom. The maximum atomic E-state index is 12.4. The number of aromatic nitrogens is 1. The summed E-state index contributed by atoms with van der Waals surface area (Å²) < 4.78 is 41.2. The number of halogens is 3. The molecule has 0 saturated carbocycles. The van der Waals surface area contributed by atoms with Crippen LogP contribution < -0.4 is 15.8 Å². The number of guanidine groups is 1. The van der Waals surface area contributed by atoms with Gasteiger partial charge in [0.2, 0.25) is 0 Å². The normalized spacial score (nSPS) is 12.9. The highest BCUT2D eigenvalue weighted by atomic mass is 32.1. The third kappa shape index (κ3) is 6.21. The second kappa shape index (κ2) is 7.94. The molecule has 0 aliphatic heterocycles. The van der Waals surface area contributed by atoms with Gasteiger partial charge in [-0.25, -0.2) is 4.98 Å². The van der Waals surface area contributed by atoms with Crippen LogP contribution in [0.3, 0.4) is 0 Å². The zero-order valence-corrected chi connectivity index (χ0v) is 15.5. The molecule has 142 valence electrons. The molecule has 0 aliphatic carbocycles. The SMILES string of the molecule is CC(C)(C)c1nc(CCN=C(N)Nc2ccccc2OC(F)(F)F)cs1. The van der Waals surface area contributed by atoms with Crippen LogP contribution in [0, 0.1) is 0 Å². The van der Waals surface area contributed by atoms with E-state index < -0.39 is 6.36 Å². The Morgan fingerprint density at radius 3 is 2.58 bits per heavy atom. The van der Waals surface area contributed by atoms with Crippen LogP contribution in [-0.2, 0) is 11.8 Å². The molecular formula is C17H21F3N4OS. The number of aliphatic imine (C=N–C) groups is 1. The van der Waals surface area contributed by atoms with Crippen molar-refractivity contribution >= 4 is 23.0 Å². The van der Waals surface area contributed by atoms with Crippen molar-refractivity contribution in [3.05, 3.63) is 40.3 Å². The molecule has 5 nitrogen and oxygen atoms in total. The third-order valence-electron chi connectivity index (χ3n) is 3.22. The first-order valence-electron chi connectivity index (χ1n) is 7.91. The minimum absolute atomic E-state index is 0.00500. The van der Waals surface area contributed by atoms with Gasteiger partial charge in [-0.05, 0) is 12.1 Å². The molecule has 0 amide bonds. The van der Waals surface area contributed by atoms with Gasteiger partial charge < -0.3 is 15.8 Å². The lowest BCUT2D eigenvalue weighted by Gasteiger charge is -2.14. The molecule has 0 atom stereocenters. The molecule has 1 aromatic heterocycles. The molecule has 0 spiro atoms. The highest BCUT2D eigenvalue weighted by Gasteiger charge is 2.32. The van der Waals surface area contributed by atoms with E-state index in [4.69, 9.17) is 5.73 Å². The predicted octanol–water partition coefficient (Wildman–Crippen LogP) is 4.31. The molecule has 0 unspecified atom stereocenters. The van der Waals surface area contributed by atoms with Crippen molar-refractivity contribution in [2.45, 2.75) is 39.0 Å². The van der Waals surface area contributed by atoms with Gasteiger partial charge in [0.15, 0.2) is 11.7 Å². The van der Waals surface area contributed by atoms with Gasteiger partial charge in [-0.3, -0.25) is 4.99 Å². The van der Waals surface area contributed by atoms with E-state index >= 15 is 0 Å². The molecule has 9 heteroatoms. The van der Waals surface area contributed by atoms with Crippen LogP contribution in [0.5, 0.6) is 5.75 Å². The van der Waals surface area contributed by atoms with Crippen molar-refractivity contribution in [2.75, 3.05) is 11.9 Å². The fraction of sp³-hybridized carbons (Fsp3) is 0.412. The number of benzene rings is 1. The first kappa shape index (κ1) is 20.0. The maximum Gasteiger partial charge on any atom is 0.573 e. The summed E-state index contributed by atoms with van der Waals surface area (Å²) >= 11 is 1.60. The molecule has 3 N–H and O–H groups in total. The fourth-order valence-electron chi connectivity index (χ4n) is 2.02. The highest BCUT2D eigenvalue weighted by Crippen LogP contribution is 2.29. The van der Waals surface area contributed by atoms with Crippen LogP contribution in [0.4, 0.5) is 18.9 Å². The summed E-state index contributed by atoms with van der Waals surface area (Å²) in [6.45, 7) is 6.65. The standard InChI is InChI=1S/C17H21F3N4OS/c1-16(2,3)14-23-11(10-26-14)8-9-22-15(21)24-12-6-4-5-7-13(12)25-17(18,19)20/h4-7,10H,8-9H2,1-3H3,(H3,21,22,24). The van der Waals surface area contributed by atoms with E-state index in [0.29, 0.717) is 13.0 Å². The molecular weight excluding hydrogens is 365 g/mol. The Labute approximate surface area is 154 Å². The van der Waals surface area contributed by atoms with Crippen LogP contribution in [0.2, 0.25) is 0 Å². The quantitative estimate of drug-likeness (QED) is 0.593. The van der Waals surface area contributed by atoms with Gasteiger partial charge in [0.05, 0.1) is 16.4 Å². The average Bonchev–Trinajstić information content (AvgIpc) is 2.97. The van der Waals surface area contributed by atoms with Crippen LogP contribution in [0.1, 0.15) is 31.5 Å². The van der Waals surface area contributed by atoms with Crippen molar-refractivity contribution in [1.29, 1.82) is 0 Å². The van der Waals surface area contributed by atoms with Crippen molar-refractivity contribution < 1.29 is 17.9 Å². The molecule has 0 aliphatic rings. The summed E-state index contributed by atoms with van der Waals surface area (Å²) in [5.41, 5.74) is 6.76. The van der Waals surface area contributed by atoms with Crippen molar-refractivity contribution in [3.63, 3.8) is 0 Å². The number of rotatable bonds is 5. The number of nitrogens with zero attached hydrogens (tertiary/aromatic N) is 2. The molecule has 1 aromatic carbocycles. The molecule has 2 rings (SSSR count). The number of alkyl halides is 3. The fourth-order valence-corrected chi connectivity index (χ4v) is 2.96. The second-order valence-corrected chi connectivity index (χ2v) is 7.44. The lowest BCUT2D eigenvalue weighted by Crippen LogP contribution is -2.25. The Kier molecular flexibility index (Phi) is 6.12. The molecule has 1 heterocycles. The largest absolute Gasteiger partial charge is 0.573 e. The van der Waals surface area contributed by atoms with E-state index in [0.717, 1.165) is 10.7 Å². The van der Waals surface area contributed by atoms with Gasteiger partial charge in [-0.15, -0.1) is 24.5 Å². The highest BCUT2D eigenvalue weighted by molar-refractivity contribution is 7.09. The molecule has 0 fully saturated rings. The first-order valence-corrected chi connectivity index (χ1v) is 8.79. The zero-order valence-electron chi connectivity index (χ0n) is 14.7. The maximum absolute atomic E-state index is 12.4. The average molecular weight is 386 g/mol. The van der Waals surface area contributed by atoms with Gasteiger partial charge in [-0.2, -0.15) is 0 Å². The van der Waals surface area contributed by atoms with Crippen LogP contribution in [-0.4, -0.2) is 23.9 Å². The Balaban J connectivity index is 1.96. The zero-order chi connectivity index (χ0) is 19.4. The summed E-state index contributed by atoms with van der Waals surface area (Å²) in [4.78, 5) is 8.69. The monoisotopic (exact) mass is 386 g/mol. The van der Waals surface area contributed by atoms with Crippen molar-refractivity contribution in [3.8, 4) is 5.75 Å². The number of hydrogen-bond donors (Lipinski definition) is 2. The van der Waals surface area contributed by atoms with Crippen molar-refractivity contribution in [1.82, 2.24) is 4.98 Å². The second-order valence-electron chi connectivity index (χ2n) is 6.58. The van der Waals surface area contributed by atoms with Gasteiger partial charge in [0, 0.05) is 23.8 Å². The van der Waals surface area contributed by atoms with Gasteiger partial charge in [-0.1, -0.05) is 32.9 Å². The van der Waals surface area contributed by atoms with E-state index in [-0.39, 0.29) is 22.8 Å². The van der Waals surface area contributed by atoms with E-state index in [1.54, 1.807) is 17.4 Å². The number of hydrogen-bond acceptors (Lipinski definition) is 4. The van der Waals surface area contributed by atoms with Gasteiger partial charge in [0.1, 0.15) is 0 Å². The lowest BCUT2D eigenvalue weighted by atomic mass is 9.98. The molecule has 2 aromatic rings. The number of para-hydroxylation sites is 2. The molecule has 0 bridgehead atoms. The molecule has 0 saturated heterocycles. The van der Waals surface area contributed by atoms with E-state index in [1.807, 2.05) is 5.38 Å². The number of anilines is 1. The summed E-state index contributed by atoms with van der Waals surface area (Å²) in [6, 6.07) is 5.64.